The molecule has 0 aliphatic carbocycles. The Morgan fingerprint density at radius 1 is 1.13 bits per heavy atom. The van der Waals surface area contributed by atoms with Crippen LogP contribution >= 0.6 is 0 Å². The van der Waals surface area contributed by atoms with Crippen molar-refractivity contribution in [2.24, 2.45) is 0 Å². The number of nitrogens with one attached hydrogen (secondary N) is 3. The van der Waals surface area contributed by atoms with Gasteiger partial charge in [-0.15, -0.1) is 0 Å². The Morgan fingerprint density at radius 3 is 2.84 bits per heavy atom. The predicted molar refractivity (Wildman–Crippen MR) is 110 cm³/mol. The van der Waals surface area contributed by atoms with E-state index in [1.54, 1.807) is 18.2 Å². The van der Waals surface area contributed by atoms with Gasteiger partial charge in [0.25, 0.3) is 11.5 Å². The summed E-state index contributed by atoms with van der Waals surface area (Å²) >= 11 is 0. The number of carbonyl (C=O) groups is 1. The maximum Gasteiger partial charge on any atom is 0.328 e. The van der Waals surface area contributed by atoms with Gasteiger partial charge in [-0.3, -0.25) is 14.2 Å². The van der Waals surface area contributed by atoms with Gasteiger partial charge in [0.15, 0.2) is 11.5 Å². The third-order valence-electron chi connectivity index (χ3n) is 4.94. The quantitative estimate of drug-likeness (QED) is 0.444. The summed E-state index contributed by atoms with van der Waals surface area (Å²) in [5.74, 6) is 1.09. The van der Waals surface area contributed by atoms with Crippen LogP contribution in [0.25, 0.3) is 11.0 Å². The SMILES string of the molecule is O=C(NCc1nc2ccccc2[nH]1)c1c[nH]c(=O)n(Cc2ccc3c(c2)OCO3)c1=O. The molecule has 0 saturated carbocycles. The lowest BCUT2D eigenvalue weighted by atomic mass is 10.2. The van der Waals surface area contributed by atoms with Crippen LogP contribution in [0.4, 0.5) is 0 Å². The van der Waals surface area contributed by atoms with E-state index in [9.17, 15) is 14.4 Å². The van der Waals surface area contributed by atoms with Crippen LogP contribution in [0.3, 0.4) is 0 Å². The van der Waals surface area contributed by atoms with Gasteiger partial charge in [0.1, 0.15) is 11.4 Å². The summed E-state index contributed by atoms with van der Waals surface area (Å²) in [4.78, 5) is 47.6. The van der Waals surface area contributed by atoms with E-state index in [4.69, 9.17) is 9.47 Å². The minimum absolute atomic E-state index is 0.0184. The summed E-state index contributed by atoms with van der Waals surface area (Å²) in [6, 6.07) is 12.6. The maximum atomic E-state index is 12.8. The summed E-state index contributed by atoms with van der Waals surface area (Å²) in [6.45, 7) is 0.212. The van der Waals surface area contributed by atoms with E-state index >= 15 is 0 Å². The highest BCUT2D eigenvalue weighted by molar-refractivity contribution is 5.93. The number of H-pyrrole nitrogens is 2. The molecule has 3 heterocycles. The standard InChI is InChI=1S/C21H17N5O5/c27-19(22-9-18-24-14-3-1-2-4-15(14)25-18)13-8-23-21(29)26(20(13)28)10-12-5-6-16-17(7-12)31-11-30-16/h1-8H,9-11H2,(H,22,27)(H,23,29)(H,24,25). The van der Waals surface area contributed by atoms with Crippen LogP contribution in [0, 0.1) is 0 Å². The Hall–Kier alpha value is -4.34. The van der Waals surface area contributed by atoms with Crippen molar-refractivity contribution in [3.05, 3.63) is 86.5 Å². The Balaban J connectivity index is 1.36. The number of hydrogen-bond donors (Lipinski definition) is 3. The lowest BCUT2D eigenvalue weighted by molar-refractivity contribution is 0.0947. The number of benzene rings is 2. The van der Waals surface area contributed by atoms with E-state index in [1.165, 1.54) is 0 Å². The van der Waals surface area contributed by atoms with Crippen LogP contribution < -0.4 is 26.0 Å². The highest BCUT2D eigenvalue weighted by atomic mass is 16.7. The Bertz CT molecular complexity index is 1380. The van der Waals surface area contributed by atoms with Crippen molar-refractivity contribution in [1.82, 2.24) is 24.8 Å². The molecule has 2 aromatic carbocycles. The van der Waals surface area contributed by atoms with Gasteiger partial charge in [-0.25, -0.2) is 9.78 Å². The minimum atomic E-state index is -0.691. The van der Waals surface area contributed by atoms with E-state index in [0.717, 1.165) is 21.8 Å². The van der Waals surface area contributed by atoms with E-state index in [1.807, 2.05) is 24.3 Å². The molecule has 2 aromatic heterocycles. The third-order valence-corrected chi connectivity index (χ3v) is 4.94. The van der Waals surface area contributed by atoms with Gasteiger partial charge >= 0.3 is 5.69 Å². The van der Waals surface area contributed by atoms with Crippen molar-refractivity contribution < 1.29 is 14.3 Å². The first-order valence-corrected chi connectivity index (χ1v) is 9.51. The normalized spacial score (nSPS) is 12.3. The number of hydrogen-bond acceptors (Lipinski definition) is 6. The Kier molecular flexibility index (Phi) is 4.51. The smallest absolute Gasteiger partial charge is 0.328 e. The monoisotopic (exact) mass is 419 g/mol. The zero-order valence-electron chi connectivity index (χ0n) is 16.2. The van der Waals surface area contributed by atoms with Crippen molar-refractivity contribution in [2.75, 3.05) is 6.79 Å². The van der Waals surface area contributed by atoms with Crippen LogP contribution in [0.2, 0.25) is 0 Å². The zero-order valence-corrected chi connectivity index (χ0v) is 16.2. The van der Waals surface area contributed by atoms with E-state index in [2.05, 4.69) is 20.3 Å². The summed E-state index contributed by atoms with van der Waals surface area (Å²) in [7, 11) is 0. The highest BCUT2D eigenvalue weighted by Gasteiger charge is 2.17. The molecule has 0 fully saturated rings. The Morgan fingerprint density at radius 2 is 1.97 bits per heavy atom. The summed E-state index contributed by atoms with van der Waals surface area (Å²) in [5.41, 5.74) is 0.817. The van der Waals surface area contributed by atoms with Gasteiger partial charge < -0.3 is 24.8 Å². The maximum absolute atomic E-state index is 12.8. The molecule has 0 spiro atoms. The Labute approximate surface area is 174 Å². The average Bonchev–Trinajstić information content (AvgIpc) is 3.41. The third kappa shape index (κ3) is 3.54. The van der Waals surface area contributed by atoms with Crippen LogP contribution in [0.5, 0.6) is 11.5 Å². The van der Waals surface area contributed by atoms with E-state index < -0.39 is 17.2 Å². The molecule has 0 unspecified atom stereocenters. The number of amides is 1. The van der Waals surface area contributed by atoms with Gasteiger partial charge in [0.2, 0.25) is 6.79 Å². The largest absolute Gasteiger partial charge is 0.454 e. The molecule has 4 aromatic rings. The molecule has 5 rings (SSSR count). The fourth-order valence-electron chi connectivity index (χ4n) is 3.39. The van der Waals surface area contributed by atoms with Crippen LogP contribution in [-0.2, 0) is 13.1 Å². The number of rotatable bonds is 5. The molecule has 0 saturated heterocycles. The van der Waals surface area contributed by atoms with Crippen molar-refractivity contribution in [3.63, 3.8) is 0 Å². The van der Waals surface area contributed by atoms with Crippen LogP contribution in [-0.4, -0.2) is 32.2 Å². The number of fused-ring (bicyclic) bond motifs is 2. The lowest BCUT2D eigenvalue weighted by Gasteiger charge is -2.08. The zero-order chi connectivity index (χ0) is 21.4. The molecule has 0 bridgehead atoms. The van der Waals surface area contributed by atoms with Gasteiger partial charge in [-0.1, -0.05) is 18.2 Å². The van der Waals surface area contributed by atoms with Crippen molar-refractivity contribution >= 4 is 16.9 Å². The second-order valence-corrected chi connectivity index (χ2v) is 6.97. The number of imidazole rings is 1. The van der Waals surface area contributed by atoms with Crippen LogP contribution in [0.15, 0.2) is 58.3 Å². The summed E-state index contributed by atoms with van der Waals surface area (Å²) < 4.78 is 11.6. The molecule has 156 valence electrons. The van der Waals surface area contributed by atoms with Gasteiger partial charge in [0.05, 0.1) is 24.1 Å². The fraction of sp³-hybridized carbons (Fsp3) is 0.143. The molecule has 0 atom stereocenters. The molecule has 1 aliphatic heterocycles. The molecule has 1 aliphatic rings. The number of aromatic amines is 2. The molecule has 10 heteroatoms. The highest BCUT2D eigenvalue weighted by Crippen LogP contribution is 2.32. The van der Waals surface area contributed by atoms with E-state index in [-0.39, 0.29) is 25.4 Å². The summed E-state index contributed by atoms with van der Waals surface area (Å²) in [5, 5.41) is 2.66. The first kappa shape index (κ1) is 18.7. The van der Waals surface area contributed by atoms with Crippen molar-refractivity contribution in [1.29, 1.82) is 0 Å². The topological polar surface area (TPSA) is 131 Å². The number of nitrogens with zero attached hydrogens (tertiary/aromatic N) is 2. The van der Waals surface area contributed by atoms with Crippen LogP contribution in [0.1, 0.15) is 21.7 Å². The predicted octanol–water partition coefficient (Wildman–Crippen LogP) is 1.12. The average molecular weight is 419 g/mol. The number of para-hydroxylation sites is 2. The molecule has 31 heavy (non-hydrogen) atoms. The second-order valence-electron chi connectivity index (χ2n) is 6.97. The molecule has 3 N–H and O–H groups in total. The molecule has 0 radical (unpaired) electrons. The molecular weight excluding hydrogens is 402 g/mol. The van der Waals surface area contributed by atoms with Crippen molar-refractivity contribution in [3.8, 4) is 11.5 Å². The van der Waals surface area contributed by atoms with Gasteiger partial charge in [-0.05, 0) is 29.8 Å². The van der Waals surface area contributed by atoms with Gasteiger partial charge in [0, 0.05) is 6.20 Å². The number of aromatic nitrogens is 4. The summed E-state index contributed by atoms with van der Waals surface area (Å²) in [6.07, 6.45) is 1.12. The number of carbonyl (C=O) groups excluding carboxylic acids is 1. The van der Waals surface area contributed by atoms with Crippen molar-refractivity contribution in [2.45, 2.75) is 13.1 Å². The molecular formula is C21H17N5O5. The second kappa shape index (κ2) is 7.48. The minimum Gasteiger partial charge on any atom is -0.454 e. The molecule has 1 amide bonds. The van der Waals surface area contributed by atoms with Gasteiger partial charge in [-0.2, -0.15) is 0 Å². The first-order chi connectivity index (χ1) is 15.1. The molecule has 10 nitrogen and oxygen atoms in total. The van der Waals surface area contributed by atoms with E-state index in [0.29, 0.717) is 22.9 Å². The number of ether oxygens (including phenoxy) is 2. The first-order valence-electron chi connectivity index (χ1n) is 9.51. The fourth-order valence-corrected chi connectivity index (χ4v) is 3.39. The lowest BCUT2D eigenvalue weighted by Crippen LogP contribution is -2.40.